The van der Waals surface area contributed by atoms with Crippen LogP contribution in [0.15, 0.2) is 48.5 Å². The lowest BCUT2D eigenvalue weighted by Gasteiger charge is -2.22. The number of benzene rings is 2. The SMILES string of the molecule is COCc1ccc(C(=O)N2CCCN(Cc3ccc(C#N)cc3)CC2)cc1. The van der Waals surface area contributed by atoms with Crippen molar-refractivity contribution in [2.45, 2.75) is 19.6 Å². The minimum Gasteiger partial charge on any atom is -0.380 e. The van der Waals surface area contributed by atoms with Crippen LogP contribution < -0.4 is 0 Å². The average Bonchev–Trinajstić information content (AvgIpc) is 2.94. The van der Waals surface area contributed by atoms with Crippen LogP contribution in [-0.2, 0) is 17.9 Å². The standard InChI is InChI=1S/C22H25N3O2/c1-27-17-20-7-9-21(10-8-20)22(26)25-12-2-11-24(13-14-25)16-19-5-3-18(15-23)4-6-19/h3-10H,2,11-14,16-17H2,1H3. The first-order valence-corrected chi connectivity index (χ1v) is 9.28. The summed E-state index contributed by atoms with van der Waals surface area (Å²) in [4.78, 5) is 17.1. The van der Waals surface area contributed by atoms with E-state index in [-0.39, 0.29) is 5.91 Å². The Morgan fingerprint density at radius 1 is 1.00 bits per heavy atom. The van der Waals surface area contributed by atoms with Crippen molar-refractivity contribution in [1.29, 1.82) is 5.26 Å². The lowest BCUT2D eigenvalue weighted by atomic mass is 10.1. The van der Waals surface area contributed by atoms with Gasteiger partial charge in [-0.05, 0) is 41.8 Å². The molecule has 1 amide bonds. The number of ether oxygens (including phenoxy) is 1. The number of carbonyl (C=O) groups excluding carboxylic acids is 1. The van der Waals surface area contributed by atoms with Gasteiger partial charge >= 0.3 is 0 Å². The molecular formula is C22H25N3O2. The summed E-state index contributed by atoms with van der Waals surface area (Å²) < 4.78 is 5.12. The zero-order valence-electron chi connectivity index (χ0n) is 15.7. The number of methoxy groups -OCH3 is 1. The zero-order valence-corrected chi connectivity index (χ0v) is 15.7. The van der Waals surface area contributed by atoms with E-state index < -0.39 is 0 Å². The Labute approximate surface area is 160 Å². The molecule has 1 aliphatic heterocycles. The lowest BCUT2D eigenvalue weighted by Crippen LogP contribution is -2.35. The molecule has 2 aromatic rings. The predicted molar refractivity (Wildman–Crippen MR) is 104 cm³/mol. The van der Waals surface area contributed by atoms with Crippen molar-refractivity contribution >= 4 is 5.91 Å². The van der Waals surface area contributed by atoms with Crippen molar-refractivity contribution in [1.82, 2.24) is 9.80 Å². The highest BCUT2D eigenvalue weighted by Crippen LogP contribution is 2.13. The fourth-order valence-corrected chi connectivity index (χ4v) is 3.37. The summed E-state index contributed by atoms with van der Waals surface area (Å²) in [7, 11) is 1.67. The van der Waals surface area contributed by atoms with Gasteiger partial charge in [0.05, 0.1) is 18.2 Å². The van der Waals surface area contributed by atoms with Gasteiger partial charge in [0.2, 0.25) is 0 Å². The van der Waals surface area contributed by atoms with Gasteiger partial charge in [-0.3, -0.25) is 9.69 Å². The molecule has 140 valence electrons. The average molecular weight is 363 g/mol. The van der Waals surface area contributed by atoms with Crippen LogP contribution in [0.3, 0.4) is 0 Å². The van der Waals surface area contributed by atoms with E-state index >= 15 is 0 Å². The largest absolute Gasteiger partial charge is 0.380 e. The Balaban J connectivity index is 1.57. The molecule has 1 saturated heterocycles. The molecule has 5 heteroatoms. The van der Waals surface area contributed by atoms with Crippen molar-refractivity contribution < 1.29 is 9.53 Å². The summed E-state index contributed by atoms with van der Waals surface area (Å²) in [6.45, 7) is 4.74. The monoisotopic (exact) mass is 363 g/mol. The van der Waals surface area contributed by atoms with Crippen LogP contribution in [0.1, 0.15) is 33.5 Å². The maximum Gasteiger partial charge on any atom is 0.253 e. The first-order chi connectivity index (χ1) is 13.2. The Morgan fingerprint density at radius 2 is 1.70 bits per heavy atom. The molecule has 1 fully saturated rings. The highest BCUT2D eigenvalue weighted by Gasteiger charge is 2.20. The summed E-state index contributed by atoms with van der Waals surface area (Å²) in [5.41, 5.74) is 3.68. The van der Waals surface area contributed by atoms with E-state index in [1.165, 1.54) is 5.56 Å². The summed E-state index contributed by atoms with van der Waals surface area (Å²) in [6, 6.07) is 17.5. The molecule has 0 unspecified atom stereocenters. The van der Waals surface area contributed by atoms with Crippen LogP contribution in [0.25, 0.3) is 0 Å². The van der Waals surface area contributed by atoms with Gasteiger partial charge in [-0.15, -0.1) is 0 Å². The third-order valence-corrected chi connectivity index (χ3v) is 4.88. The Kier molecular flexibility index (Phi) is 6.59. The van der Waals surface area contributed by atoms with Gasteiger partial charge in [0, 0.05) is 45.4 Å². The van der Waals surface area contributed by atoms with E-state index in [1.54, 1.807) is 7.11 Å². The van der Waals surface area contributed by atoms with Gasteiger partial charge in [0.1, 0.15) is 0 Å². The maximum atomic E-state index is 12.8. The predicted octanol–water partition coefficient (Wildman–Crippen LogP) is 3.05. The number of hydrogen-bond donors (Lipinski definition) is 0. The van der Waals surface area contributed by atoms with Gasteiger partial charge in [-0.1, -0.05) is 24.3 Å². The normalized spacial score (nSPS) is 15.2. The van der Waals surface area contributed by atoms with E-state index in [1.807, 2.05) is 53.4 Å². The highest BCUT2D eigenvalue weighted by molar-refractivity contribution is 5.94. The third kappa shape index (κ3) is 5.16. The second kappa shape index (κ2) is 9.31. The minimum atomic E-state index is 0.0965. The Hall–Kier alpha value is -2.68. The second-order valence-electron chi connectivity index (χ2n) is 6.86. The zero-order chi connectivity index (χ0) is 19.1. The number of nitrogens with zero attached hydrogens (tertiary/aromatic N) is 3. The Bertz CT molecular complexity index is 794. The van der Waals surface area contributed by atoms with Crippen LogP contribution in [0, 0.1) is 11.3 Å². The molecule has 27 heavy (non-hydrogen) atoms. The van der Waals surface area contributed by atoms with Gasteiger partial charge in [0.15, 0.2) is 0 Å². The number of nitriles is 1. The van der Waals surface area contributed by atoms with Crippen LogP contribution in [0.4, 0.5) is 0 Å². The van der Waals surface area contributed by atoms with Crippen molar-refractivity contribution in [3.8, 4) is 6.07 Å². The molecular weight excluding hydrogens is 338 g/mol. The topological polar surface area (TPSA) is 56.6 Å². The third-order valence-electron chi connectivity index (χ3n) is 4.88. The molecule has 0 spiro atoms. The lowest BCUT2D eigenvalue weighted by molar-refractivity contribution is 0.0761. The van der Waals surface area contributed by atoms with Crippen molar-refractivity contribution in [3.63, 3.8) is 0 Å². The summed E-state index contributed by atoms with van der Waals surface area (Å²) in [6.07, 6.45) is 0.962. The van der Waals surface area contributed by atoms with Gasteiger partial charge in [-0.2, -0.15) is 5.26 Å². The fourth-order valence-electron chi connectivity index (χ4n) is 3.37. The van der Waals surface area contributed by atoms with Gasteiger partial charge in [-0.25, -0.2) is 0 Å². The quantitative estimate of drug-likeness (QED) is 0.819. The van der Waals surface area contributed by atoms with Gasteiger partial charge < -0.3 is 9.64 Å². The molecule has 1 heterocycles. The van der Waals surface area contributed by atoms with Crippen LogP contribution in [0.2, 0.25) is 0 Å². The van der Waals surface area contributed by atoms with Crippen molar-refractivity contribution in [2.24, 2.45) is 0 Å². The van der Waals surface area contributed by atoms with Crippen LogP contribution in [0.5, 0.6) is 0 Å². The number of carbonyl (C=O) groups is 1. The van der Waals surface area contributed by atoms with Crippen LogP contribution >= 0.6 is 0 Å². The van der Waals surface area contributed by atoms with E-state index in [4.69, 9.17) is 10.00 Å². The van der Waals surface area contributed by atoms with Crippen molar-refractivity contribution in [2.75, 3.05) is 33.3 Å². The molecule has 2 aromatic carbocycles. The summed E-state index contributed by atoms with van der Waals surface area (Å²) in [5.74, 6) is 0.0965. The highest BCUT2D eigenvalue weighted by atomic mass is 16.5. The molecule has 5 nitrogen and oxygen atoms in total. The first kappa shape index (κ1) is 19.1. The van der Waals surface area contributed by atoms with Crippen molar-refractivity contribution in [3.05, 3.63) is 70.8 Å². The van der Waals surface area contributed by atoms with E-state index in [9.17, 15) is 4.79 Å². The molecule has 0 saturated carbocycles. The first-order valence-electron chi connectivity index (χ1n) is 9.28. The van der Waals surface area contributed by atoms with E-state index in [0.29, 0.717) is 12.2 Å². The van der Waals surface area contributed by atoms with E-state index in [0.717, 1.165) is 50.3 Å². The van der Waals surface area contributed by atoms with E-state index in [2.05, 4.69) is 11.0 Å². The molecule has 0 aliphatic carbocycles. The smallest absolute Gasteiger partial charge is 0.253 e. The molecule has 0 atom stereocenters. The van der Waals surface area contributed by atoms with Crippen LogP contribution in [-0.4, -0.2) is 49.0 Å². The Morgan fingerprint density at radius 3 is 2.37 bits per heavy atom. The molecule has 1 aliphatic rings. The summed E-state index contributed by atoms with van der Waals surface area (Å²) >= 11 is 0. The summed E-state index contributed by atoms with van der Waals surface area (Å²) in [5, 5.41) is 8.90. The second-order valence-corrected chi connectivity index (χ2v) is 6.86. The fraction of sp³-hybridized carbons (Fsp3) is 0.364. The molecule has 3 rings (SSSR count). The minimum absolute atomic E-state index is 0.0965. The molecule has 0 bridgehead atoms. The number of rotatable bonds is 5. The molecule has 0 N–H and O–H groups in total. The van der Waals surface area contributed by atoms with Gasteiger partial charge in [0.25, 0.3) is 5.91 Å². The number of hydrogen-bond acceptors (Lipinski definition) is 4. The number of amides is 1. The molecule has 0 aromatic heterocycles. The molecule has 0 radical (unpaired) electrons. The maximum absolute atomic E-state index is 12.8.